The summed E-state index contributed by atoms with van der Waals surface area (Å²) < 4.78 is 5.68. The highest BCUT2D eigenvalue weighted by Gasteiger charge is 2.02. The summed E-state index contributed by atoms with van der Waals surface area (Å²) in [4.78, 5) is 8.73. The zero-order chi connectivity index (χ0) is 16.5. The smallest absolute Gasteiger partial charge is 0.191 e. The van der Waals surface area contributed by atoms with Crippen LogP contribution in [-0.2, 0) is 13.0 Å². The van der Waals surface area contributed by atoms with E-state index in [4.69, 9.17) is 4.74 Å². The lowest BCUT2D eigenvalue weighted by molar-refractivity contribution is 0.322. The number of aryl methyl sites for hydroxylation is 2. The second-order valence-electron chi connectivity index (χ2n) is 5.10. The number of aliphatic imine (C=N–C) groups is 1. The van der Waals surface area contributed by atoms with E-state index in [1.807, 2.05) is 24.3 Å². The Morgan fingerprint density at radius 1 is 1.26 bits per heavy atom. The van der Waals surface area contributed by atoms with Gasteiger partial charge in [-0.1, -0.05) is 24.6 Å². The number of nitrogens with one attached hydrogen (secondary N) is 2. The Balaban J connectivity index is 1.67. The molecule has 6 heteroatoms. The molecule has 1 aromatic carbocycles. The largest absolute Gasteiger partial charge is 0.492 e. The molecule has 0 aliphatic carbocycles. The second kappa shape index (κ2) is 9.15. The van der Waals surface area contributed by atoms with Crippen molar-refractivity contribution in [1.29, 1.82) is 0 Å². The van der Waals surface area contributed by atoms with Crippen LogP contribution in [0, 0.1) is 6.92 Å². The molecular formula is C17H24N4OS. The number of benzene rings is 1. The predicted octanol–water partition coefficient (Wildman–Crippen LogP) is 2.76. The molecule has 5 nitrogen and oxygen atoms in total. The molecule has 0 atom stereocenters. The maximum Gasteiger partial charge on any atom is 0.191 e. The highest BCUT2D eigenvalue weighted by molar-refractivity contribution is 7.09. The van der Waals surface area contributed by atoms with Gasteiger partial charge in [-0.05, 0) is 25.5 Å². The van der Waals surface area contributed by atoms with Crippen molar-refractivity contribution in [1.82, 2.24) is 15.6 Å². The van der Waals surface area contributed by atoms with Gasteiger partial charge in [0.15, 0.2) is 5.96 Å². The summed E-state index contributed by atoms with van der Waals surface area (Å²) in [6.45, 7) is 6.12. The number of nitrogens with zero attached hydrogens (tertiary/aromatic N) is 2. The van der Waals surface area contributed by atoms with Crippen molar-refractivity contribution in [2.75, 3.05) is 20.2 Å². The van der Waals surface area contributed by atoms with Crippen molar-refractivity contribution in [3.63, 3.8) is 0 Å². The van der Waals surface area contributed by atoms with Crippen LogP contribution in [-0.4, -0.2) is 31.1 Å². The lowest BCUT2D eigenvalue weighted by Crippen LogP contribution is -2.38. The van der Waals surface area contributed by atoms with Crippen LogP contribution in [0.4, 0.5) is 0 Å². The van der Waals surface area contributed by atoms with E-state index in [0.717, 1.165) is 28.8 Å². The Hall–Kier alpha value is -2.08. The first kappa shape index (κ1) is 17.3. The third-order valence-electron chi connectivity index (χ3n) is 3.25. The van der Waals surface area contributed by atoms with Crippen molar-refractivity contribution < 1.29 is 4.74 Å². The number of aromatic nitrogens is 1. The minimum Gasteiger partial charge on any atom is -0.492 e. The third kappa shape index (κ3) is 5.90. The quantitative estimate of drug-likeness (QED) is 0.465. The van der Waals surface area contributed by atoms with Gasteiger partial charge in [0.2, 0.25) is 0 Å². The second-order valence-corrected chi connectivity index (χ2v) is 6.04. The van der Waals surface area contributed by atoms with E-state index in [-0.39, 0.29) is 0 Å². The summed E-state index contributed by atoms with van der Waals surface area (Å²) in [5.41, 5.74) is 2.28. The first-order valence-electron chi connectivity index (χ1n) is 7.78. The van der Waals surface area contributed by atoms with Gasteiger partial charge in [0, 0.05) is 12.4 Å². The minimum absolute atomic E-state index is 0.584. The Morgan fingerprint density at radius 3 is 2.70 bits per heavy atom. The van der Waals surface area contributed by atoms with Crippen LogP contribution >= 0.6 is 11.3 Å². The average Bonchev–Trinajstić information content (AvgIpc) is 3.04. The van der Waals surface area contributed by atoms with Gasteiger partial charge in [0.25, 0.3) is 0 Å². The Bertz CT molecular complexity index is 622. The highest BCUT2D eigenvalue weighted by Crippen LogP contribution is 2.11. The van der Waals surface area contributed by atoms with Crippen molar-refractivity contribution in [2.24, 2.45) is 4.99 Å². The average molecular weight is 332 g/mol. The number of rotatable bonds is 7. The fourth-order valence-electron chi connectivity index (χ4n) is 1.96. The van der Waals surface area contributed by atoms with E-state index >= 15 is 0 Å². The Kier molecular flexibility index (Phi) is 6.87. The molecule has 0 bridgehead atoms. The van der Waals surface area contributed by atoms with Gasteiger partial charge >= 0.3 is 0 Å². The van der Waals surface area contributed by atoms with E-state index in [1.165, 1.54) is 5.56 Å². The normalized spacial score (nSPS) is 11.3. The molecule has 23 heavy (non-hydrogen) atoms. The molecule has 124 valence electrons. The standard InChI is InChI=1S/C17H24N4OS/c1-4-16-21-14(12-23-16)11-20-17(18-3)19-9-10-22-15-7-5-13(2)6-8-15/h5-8,12H,4,9-11H2,1-3H3,(H2,18,19,20). The molecule has 0 amide bonds. The number of ether oxygens (including phenoxy) is 1. The Labute approximate surface area is 141 Å². The molecule has 0 aliphatic rings. The van der Waals surface area contributed by atoms with Crippen molar-refractivity contribution in [2.45, 2.75) is 26.8 Å². The molecule has 2 N–H and O–H groups in total. The first-order chi connectivity index (χ1) is 11.2. The van der Waals surface area contributed by atoms with Gasteiger partial charge in [0.1, 0.15) is 12.4 Å². The van der Waals surface area contributed by atoms with E-state index < -0.39 is 0 Å². The fraction of sp³-hybridized carbons (Fsp3) is 0.412. The molecule has 0 saturated carbocycles. The van der Waals surface area contributed by atoms with Gasteiger partial charge in [-0.15, -0.1) is 11.3 Å². The summed E-state index contributed by atoms with van der Waals surface area (Å²) in [6.07, 6.45) is 0.980. The molecule has 0 radical (unpaired) electrons. The number of thiazole rings is 1. The first-order valence-corrected chi connectivity index (χ1v) is 8.66. The molecule has 2 rings (SSSR count). The van der Waals surface area contributed by atoms with Gasteiger partial charge < -0.3 is 15.4 Å². The van der Waals surface area contributed by atoms with Crippen LogP contribution in [0.5, 0.6) is 5.75 Å². The topological polar surface area (TPSA) is 58.5 Å². The fourth-order valence-corrected chi connectivity index (χ4v) is 2.70. The highest BCUT2D eigenvalue weighted by atomic mass is 32.1. The lowest BCUT2D eigenvalue weighted by Gasteiger charge is -2.12. The molecule has 1 heterocycles. The van der Waals surface area contributed by atoms with Gasteiger partial charge in [-0.25, -0.2) is 4.98 Å². The number of hydrogen-bond donors (Lipinski definition) is 2. The van der Waals surface area contributed by atoms with Crippen molar-refractivity contribution in [3.8, 4) is 5.75 Å². The summed E-state index contributed by atoms with van der Waals surface area (Å²) >= 11 is 1.70. The maximum atomic E-state index is 5.68. The van der Waals surface area contributed by atoms with Crippen molar-refractivity contribution in [3.05, 3.63) is 45.9 Å². The molecule has 0 spiro atoms. The molecule has 0 unspecified atom stereocenters. The molecular weight excluding hydrogens is 308 g/mol. The molecule has 0 fully saturated rings. The summed E-state index contributed by atoms with van der Waals surface area (Å²) in [5, 5.41) is 9.73. The summed E-state index contributed by atoms with van der Waals surface area (Å²) in [7, 11) is 1.76. The van der Waals surface area contributed by atoms with Gasteiger partial charge in [-0.3, -0.25) is 4.99 Å². The zero-order valence-corrected chi connectivity index (χ0v) is 14.7. The number of guanidine groups is 1. The minimum atomic E-state index is 0.584. The van der Waals surface area contributed by atoms with Crippen LogP contribution in [0.25, 0.3) is 0 Å². The number of hydrogen-bond acceptors (Lipinski definition) is 4. The van der Waals surface area contributed by atoms with Crippen LogP contribution < -0.4 is 15.4 Å². The molecule has 2 aromatic rings. The molecule has 1 aromatic heterocycles. The molecule has 0 saturated heterocycles. The Morgan fingerprint density at radius 2 is 2.04 bits per heavy atom. The van der Waals surface area contributed by atoms with E-state index in [2.05, 4.69) is 39.8 Å². The van der Waals surface area contributed by atoms with Gasteiger partial charge in [0.05, 0.1) is 23.8 Å². The van der Waals surface area contributed by atoms with E-state index in [1.54, 1.807) is 18.4 Å². The third-order valence-corrected chi connectivity index (χ3v) is 4.29. The SMILES string of the molecule is CCc1nc(CNC(=NC)NCCOc2ccc(C)cc2)cs1. The van der Waals surface area contributed by atoms with Crippen LogP contribution in [0.15, 0.2) is 34.6 Å². The van der Waals surface area contributed by atoms with E-state index in [0.29, 0.717) is 19.7 Å². The van der Waals surface area contributed by atoms with Gasteiger partial charge in [-0.2, -0.15) is 0 Å². The van der Waals surface area contributed by atoms with Crippen LogP contribution in [0.1, 0.15) is 23.2 Å². The monoisotopic (exact) mass is 332 g/mol. The molecule has 0 aliphatic heterocycles. The summed E-state index contributed by atoms with van der Waals surface area (Å²) in [6, 6.07) is 8.05. The lowest BCUT2D eigenvalue weighted by atomic mass is 10.2. The summed E-state index contributed by atoms with van der Waals surface area (Å²) in [5.74, 6) is 1.64. The zero-order valence-electron chi connectivity index (χ0n) is 13.9. The maximum absolute atomic E-state index is 5.68. The predicted molar refractivity (Wildman–Crippen MR) is 96.4 cm³/mol. The van der Waals surface area contributed by atoms with Crippen LogP contribution in [0.3, 0.4) is 0 Å². The van der Waals surface area contributed by atoms with E-state index in [9.17, 15) is 0 Å². The van der Waals surface area contributed by atoms with Crippen molar-refractivity contribution >= 4 is 17.3 Å². The van der Waals surface area contributed by atoms with Crippen LogP contribution in [0.2, 0.25) is 0 Å².